The van der Waals surface area contributed by atoms with Crippen molar-refractivity contribution in [2.24, 2.45) is 0 Å². The normalized spacial score (nSPS) is 10.6. The molecular formula is C13H18N2O3S. The van der Waals surface area contributed by atoms with E-state index in [2.05, 4.69) is 21.5 Å². The average molecular weight is 282 g/mol. The number of hydrogen-bond donors (Lipinski definition) is 1. The van der Waals surface area contributed by atoms with Crippen molar-refractivity contribution in [1.82, 2.24) is 9.71 Å². The third-order valence-electron chi connectivity index (χ3n) is 2.17. The summed E-state index contributed by atoms with van der Waals surface area (Å²) >= 11 is 0. The highest BCUT2D eigenvalue weighted by molar-refractivity contribution is 7.89. The molecule has 104 valence electrons. The topological polar surface area (TPSA) is 68.3 Å². The van der Waals surface area contributed by atoms with Gasteiger partial charge in [0.2, 0.25) is 10.0 Å². The summed E-state index contributed by atoms with van der Waals surface area (Å²) in [4.78, 5) is 4.08. The predicted octanol–water partition coefficient (Wildman–Crippen LogP) is 1.10. The van der Waals surface area contributed by atoms with Crippen LogP contribution in [0, 0.1) is 18.8 Å². The number of aryl methyl sites for hydroxylation is 1. The molecule has 0 spiro atoms. The molecule has 5 nitrogen and oxygen atoms in total. The molecule has 1 heterocycles. The van der Waals surface area contributed by atoms with E-state index in [0.29, 0.717) is 12.2 Å². The van der Waals surface area contributed by atoms with Crippen molar-refractivity contribution < 1.29 is 13.2 Å². The van der Waals surface area contributed by atoms with Gasteiger partial charge in [-0.1, -0.05) is 18.8 Å². The number of sulfonamides is 1. The van der Waals surface area contributed by atoms with Gasteiger partial charge in [-0.25, -0.2) is 13.1 Å². The van der Waals surface area contributed by atoms with E-state index in [1.807, 2.05) is 26.0 Å². The number of ether oxygens (including phenoxy) is 1. The summed E-state index contributed by atoms with van der Waals surface area (Å²) in [6.45, 7) is 4.03. The molecule has 0 amide bonds. The van der Waals surface area contributed by atoms with Gasteiger partial charge in [-0.15, -0.1) is 0 Å². The van der Waals surface area contributed by atoms with Crippen molar-refractivity contribution >= 4 is 10.0 Å². The predicted molar refractivity (Wildman–Crippen MR) is 74.3 cm³/mol. The molecule has 19 heavy (non-hydrogen) atoms. The van der Waals surface area contributed by atoms with E-state index in [-0.39, 0.29) is 18.9 Å². The lowest BCUT2D eigenvalue weighted by atomic mass is 10.4. The van der Waals surface area contributed by atoms with E-state index >= 15 is 0 Å². The monoisotopic (exact) mass is 282 g/mol. The first-order valence-electron chi connectivity index (χ1n) is 6.02. The zero-order valence-electron chi connectivity index (χ0n) is 11.1. The van der Waals surface area contributed by atoms with E-state index in [1.54, 1.807) is 6.20 Å². The molecule has 1 aromatic rings. The minimum atomic E-state index is -3.18. The van der Waals surface area contributed by atoms with Gasteiger partial charge in [0.1, 0.15) is 12.4 Å². The van der Waals surface area contributed by atoms with Gasteiger partial charge in [-0.3, -0.25) is 4.98 Å². The lowest BCUT2D eigenvalue weighted by molar-refractivity contribution is 0.368. The standard InChI is InChI=1S/C13H18N2O3S/c1-3-10-19(16,17)15-8-4-5-9-18-13-7-6-12(2)14-11-13/h6-7,11,15H,3,8-10H2,1-2H3. The summed E-state index contributed by atoms with van der Waals surface area (Å²) in [5.41, 5.74) is 0.920. The van der Waals surface area contributed by atoms with Gasteiger partial charge in [-0.05, 0) is 25.5 Å². The van der Waals surface area contributed by atoms with E-state index < -0.39 is 10.0 Å². The Balaban J connectivity index is 2.27. The minimum Gasteiger partial charge on any atom is -0.479 e. The first kappa shape index (κ1) is 15.5. The minimum absolute atomic E-state index is 0.109. The first-order valence-corrected chi connectivity index (χ1v) is 7.67. The molecule has 0 saturated carbocycles. The zero-order valence-corrected chi connectivity index (χ0v) is 12.0. The van der Waals surface area contributed by atoms with Crippen molar-refractivity contribution in [2.45, 2.75) is 20.3 Å². The molecule has 1 rings (SSSR count). The Bertz CT molecular complexity index is 541. The van der Waals surface area contributed by atoms with Crippen LogP contribution in [-0.4, -0.2) is 32.3 Å². The molecule has 1 N–H and O–H groups in total. The maximum atomic E-state index is 11.3. The number of rotatable bonds is 6. The first-order chi connectivity index (χ1) is 9.03. The fourth-order valence-corrected chi connectivity index (χ4v) is 2.23. The molecule has 0 aliphatic carbocycles. The lowest BCUT2D eigenvalue weighted by Gasteiger charge is -2.01. The van der Waals surface area contributed by atoms with Crippen LogP contribution >= 0.6 is 0 Å². The Hall–Kier alpha value is -1.58. The van der Waals surface area contributed by atoms with Gasteiger partial charge < -0.3 is 4.74 Å². The quantitative estimate of drug-likeness (QED) is 0.793. The summed E-state index contributed by atoms with van der Waals surface area (Å²) in [6, 6.07) is 3.66. The highest BCUT2D eigenvalue weighted by atomic mass is 32.2. The summed E-state index contributed by atoms with van der Waals surface area (Å²) in [7, 11) is -3.18. The van der Waals surface area contributed by atoms with Crippen LogP contribution in [-0.2, 0) is 10.0 Å². The third kappa shape index (κ3) is 6.79. The molecule has 0 aliphatic rings. The highest BCUT2D eigenvalue weighted by Gasteiger charge is 2.05. The summed E-state index contributed by atoms with van der Waals surface area (Å²) in [6.07, 6.45) is 2.22. The second kappa shape index (κ2) is 7.77. The Morgan fingerprint density at radius 2 is 2.16 bits per heavy atom. The van der Waals surface area contributed by atoms with Crippen LogP contribution in [0.25, 0.3) is 0 Å². The molecule has 0 radical (unpaired) electrons. The SMILES string of the molecule is CCCS(=O)(=O)NCC#CCOc1ccc(C)nc1. The van der Waals surface area contributed by atoms with Crippen molar-refractivity contribution in [1.29, 1.82) is 0 Å². The Morgan fingerprint density at radius 3 is 2.79 bits per heavy atom. The second-order valence-electron chi connectivity index (χ2n) is 3.92. The number of pyridine rings is 1. The van der Waals surface area contributed by atoms with Crippen LogP contribution in [0.1, 0.15) is 19.0 Å². The van der Waals surface area contributed by atoms with Crippen molar-refractivity contribution in [3.63, 3.8) is 0 Å². The van der Waals surface area contributed by atoms with Gasteiger partial charge in [0.05, 0.1) is 18.5 Å². The maximum Gasteiger partial charge on any atom is 0.212 e. The summed E-state index contributed by atoms with van der Waals surface area (Å²) in [5, 5.41) is 0. The fourth-order valence-electron chi connectivity index (χ4n) is 1.26. The van der Waals surface area contributed by atoms with Gasteiger partial charge >= 0.3 is 0 Å². The molecule has 6 heteroatoms. The zero-order chi connectivity index (χ0) is 14.1. The Morgan fingerprint density at radius 1 is 1.37 bits per heavy atom. The van der Waals surface area contributed by atoms with Crippen LogP contribution in [0.15, 0.2) is 18.3 Å². The molecule has 0 unspecified atom stereocenters. The molecule has 0 aliphatic heterocycles. The lowest BCUT2D eigenvalue weighted by Crippen LogP contribution is -2.26. The fraction of sp³-hybridized carbons (Fsp3) is 0.462. The van der Waals surface area contributed by atoms with Crippen molar-refractivity contribution in [3.8, 4) is 17.6 Å². The van der Waals surface area contributed by atoms with Gasteiger partial charge in [0.15, 0.2) is 0 Å². The van der Waals surface area contributed by atoms with Crippen LogP contribution in [0.3, 0.4) is 0 Å². The molecule has 0 aromatic carbocycles. The molecule has 0 saturated heterocycles. The number of aromatic nitrogens is 1. The maximum absolute atomic E-state index is 11.3. The smallest absolute Gasteiger partial charge is 0.212 e. The molecular weight excluding hydrogens is 264 g/mol. The molecule has 1 aromatic heterocycles. The van der Waals surface area contributed by atoms with Crippen molar-refractivity contribution in [3.05, 3.63) is 24.0 Å². The van der Waals surface area contributed by atoms with E-state index in [0.717, 1.165) is 5.69 Å². The second-order valence-corrected chi connectivity index (χ2v) is 5.84. The summed E-state index contributed by atoms with van der Waals surface area (Å²) in [5.74, 6) is 6.20. The Labute approximate surface area is 114 Å². The molecule has 0 atom stereocenters. The van der Waals surface area contributed by atoms with E-state index in [1.165, 1.54) is 0 Å². The van der Waals surface area contributed by atoms with Gasteiger partial charge in [-0.2, -0.15) is 0 Å². The largest absolute Gasteiger partial charge is 0.479 e. The van der Waals surface area contributed by atoms with E-state index in [4.69, 9.17) is 4.74 Å². The highest BCUT2D eigenvalue weighted by Crippen LogP contribution is 2.07. The van der Waals surface area contributed by atoms with Crippen LogP contribution in [0.4, 0.5) is 0 Å². The molecule has 0 bridgehead atoms. The number of hydrogen-bond acceptors (Lipinski definition) is 4. The van der Waals surface area contributed by atoms with Gasteiger partial charge in [0.25, 0.3) is 0 Å². The van der Waals surface area contributed by atoms with Crippen LogP contribution in [0.2, 0.25) is 0 Å². The number of nitrogens with zero attached hydrogens (tertiary/aromatic N) is 1. The van der Waals surface area contributed by atoms with Crippen molar-refractivity contribution in [2.75, 3.05) is 18.9 Å². The van der Waals surface area contributed by atoms with E-state index in [9.17, 15) is 8.42 Å². The van der Waals surface area contributed by atoms with Gasteiger partial charge in [0, 0.05) is 5.69 Å². The summed E-state index contributed by atoms with van der Waals surface area (Å²) < 4.78 is 30.3. The molecule has 0 fully saturated rings. The third-order valence-corrected chi connectivity index (χ3v) is 3.70. The van der Waals surface area contributed by atoms with Crippen LogP contribution < -0.4 is 9.46 Å². The average Bonchev–Trinajstić information content (AvgIpc) is 2.35. The number of nitrogens with one attached hydrogen (secondary N) is 1. The Kier molecular flexibility index (Phi) is 6.33. The van der Waals surface area contributed by atoms with Crippen LogP contribution in [0.5, 0.6) is 5.75 Å².